The van der Waals surface area contributed by atoms with E-state index in [-0.39, 0.29) is 61.5 Å². The maximum atomic E-state index is 14.0. The third kappa shape index (κ3) is 3.90. The van der Waals surface area contributed by atoms with Gasteiger partial charge in [0, 0.05) is 11.0 Å². The van der Waals surface area contributed by atoms with Gasteiger partial charge in [-0.15, -0.1) is 0 Å². The molecule has 0 amide bonds. The Morgan fingerprint density at radius 1 is 0.913 bits per heavy atom. The average Bonchev–Trinajstić information content (AvgIpc) is 3.99. The molecule has 2 saturated carbocycles. The number of carbonyl (C=O) groups is 1. The summed E-state index contributed by atoms with van der Waals surface area (Å²) in [6.45, 7) is 6.65. The van der Waals surface area contributed by atoms with Gasteiger partial charge in [0.05, 0.1) is 19.3 Å². The van der Waals surface area contributed by atoms with Crippen LogP contribution in [0.2, 0.25) is 0 Å². The molecule has 9 atom stereocenters. The molecule has 2 aromatic rings. The van der Waals surface area contributed by atoms with Gasteiger partial charge in [0.1, 0.15) is 36.1 Å². The maximum absolute atomic E-state index is 14.0. The predicted octanol–water partition coefficient (Wildman–Crippen LogP) is 5.64. The fourth-order valence-electron chi connectivity index (χ4n) is 9.65. The van der Waals surface area contributed by atoms with Gasteiger partial charge in [0.15, 0.2) is 12.4 Å². The summed E-state index contributed by atoms with van der Waals surface area (Å²) >= 11 is 0. The number of ether oxygens (including phenoxy) is 5. The number of fused-ring (bicyclic) bond motifs is 4. The Bertz CT molecular complexity index is 1600. The summed E-state index contributed by atoms with van der Waals surface area (Å²) in [5.74, 6) is 0.0380. The zero-order valence-electron chi connectivity index (χ0n) is 26.2. The van der Waals surface area contributed by atoms with E-state index >= 15 is 0 Å². The summed E-state index contributed by atoms with van der Waals surface area (Å²) in [4.78, 5) is 12.5. The van der Waals surface area contributed by atoms with Crippen molar-refractivity contribution >= 4 is 13.8 Å². The first-order chi connectivity index (χ1) is 22.2. The minimum Gasteiger partial charge on any atom is -0.458 e. The highest BCUT2D eigenvalue weighted by Gasteiger charge is 3.00. The van der Waals surface area contributed by atoms with Gasteiger partial charge in [0.2, 0.25) is 0 Å². The number of epoxide rings is 3. The topological polar surface area (TPSA) is 118 Å². The first-order valence-electron chi connectivity index (χ1n) is 16.3. The summed E-state index contributed by atoms with van der Waals surface area (Å²) < 4.78 is 64.0. The molecule has 3 saturated heterocycles. The number of hydrogen-bond donors (Lipinski definition) is 0. The fourth-order valence-corrected chi connectivity index (χ4v) is 10.7. The number of phosphoric acid groups is 1. The van der Waals surface area contributed by atoms with Crippen molar-refractivity contribution in [1.82, 2.24) is 0 Å². The number of benzene rings is 2. The lowest BCUT2D eigenvalue weighted by Gasteiger charge is -2.54. The zero-order valence-corrected chi connectivity index (χ0v) is 27.1. The second-order valence-corrected chi connectivity index (χ2v) is 15.9. The Labute approximate surface area is 268 Å². The summed E-state index contributed by atoms with van der Waals surface area (Å²) in [7, 11) is -4.07. The molecule has 0 bridgehead atoms. The maximum Gasteiger partial charge on any atom is 0.477 e. The van der Waals surface area contributed by atoms with Gasteiger partial charge in [0.25, 0.3) is 0 Å². The second kappa shape index (κ2) is 10.1. The molecule has 4 heterocycles. The lowest BCUT2D eigenvalue weighted by molar-refractivity contribution is -0.156. The third-order valence-corrected chi connectivity index (χ3v) is 13.3. The van der Waals surface area contributed by atoms with Crippen LogP contribution in [0, 0.1) is 17.3 Å². The van der Waals surface area contributed by atoms with Crippen LogP contribution in [0.25, 0.3) is 0 Å². The van der Waals surface area contributed by atoms with E-state index in [1.165, 1.54) is 0 Å². The molecule has 7 aliphatic rings. The van der Waals surface area contributed by atoms with Gasteiger partial charge >= 0.3 is 13.8 Å². The average molecular weight is 651 g/mol. The molecule has 3 aliphatic carbocycles. The standard InChI is InChI=1S/C35H39O10P/c1-21(2)33-28(44-33)29-35(45-29)32(3)15-14-24-25(19-38-30(24)36)26(32)16-27-34(35,43-27)31(33)39-20-42-46(37,40-17-22-10-6-4-7-11-22)41-18-23-12-8-5-9-13-23/h4-13,21,26-29,31H,14-20H2,1-3H3/t26-,27-,28-,29-,31+,32-,33-,34+,35+/m0/s1. The van der Waals surface area contributed by atoms with Crippen LogP contribution in [0.3, 0.4) is 0 Å². The van der Waals surface area contributed by atoms with Crippen molar-refractivity contribution in [2.45, 2.75) is 94.5 Å². The van der Waals surface area contributed by atoms with Crippen molar-refractivity contribution in [3.63, 3.8) is 0 Å². The van der Waals surface area contributed by atoms with Crippen LogP contribution >= 0.6 is 7.82 Å². The normalized spacial score (nSPS) is 41.0. The Morgan fingerprint density at radius 2 is 1.59 bits per heavy atom. The van der Waals surface area contributed by atoms with Crippen molar-refractivity contribution < 1.29 is 46.6 Å². The van der Waals surface area contributed by atoms with Crippen LogP contribution < -0.4 is 0 Å². The number of hydrogen-bond acceptors (Lipinski definition) is 10. The molecule has 244 valence electrons. The SMILES string of the molecule is CC(C)[C@]12O[C@H]1[C@@H]1O[C@]13[C@]1(O[C@H]1C[C@H]1C4=C(CC[C@@]13C)C(=O)OC4)[C@@H]2OCOP(=O)(OCc1ccccc1)OCc1ccccc1. The molecule has 0 aromatic heterocycles. The molecular formula is C35H39O10P. The van der Waals surface area contributed by atoms with Crippen molar-refractivity contribution in [1.29, 1.82) is 0 Å². The van der Waals surface area contributed by atoms with Crippen LogP contribution in [-0.4, -0.2) is 60.6 Å². The molecule has 0 unspecified atom stereocenters. The summed E-state index contributed by atoms with van der Waals surface area (Å²) in [6, 6.07) is 18.9. The lowest BCUT2D eigenvalue weighted by Crippen LogP contribution is -2.69. The van der Waals surface area contributed by atoms with Crippen molar-refractivity contribution in [2.24, 2.45) is 17.3 Å². The smallest absolute Gasteiger partial charge is 0.458 e. The Balaban J connectivity index is 0.987. The van der Waals surface area contributed by atoms with E-state index < -0.39 is 30.7 Å². The fraction of sp³-hybridized carbons (Fsp3) is 0.571. The van der Waals surface area contributed by atoms with Gasteiger partial charge in [-0.2, -0.15) is 0 Å². The van der Waals surface area contributed by atoms with Crippen LogP contribution in [0.1, 0.15) is 51.2 Å². The molecule has 0 radical (unpaired) electrons. The highest BCUT2D eigenvalue weighted by Crippen LogP contribution is 2.83. The quantitative estimate of drug-likeness (QED) is 0.131. The van der Waals surface area contributed by atoms with E-state index in [4.69, 9.17) is 37.3 Å². The highest BCUT2D eigenvalue weighted by atomic mass is 31.2. The van der Waals surface area contributed by atoms with Gasteiger partial charge in [-0.1, -0.05) is 81.4 Å². The first-order valence-corrected chi connectivity index (χ1v) is 17.8. The number of esters is 1. The van der Waals surface area contributed by atoms with Gasteiger partial charge in [-0.25, -0.2) is 9.36 Å². The number of rotatable bonds is 11. The van der Waals surface area contributed by atoms with E-state index in [1.54, 1.807) is 0 Å². The molecule has 11 heteroatoms. The molecule has 4 aliphatic heterocycles. The predicted molar refractivity (Wildman–Crippen MR) is 162 cm³/mol. The van der Waals surface area contributed by atoms with Gasteiger partial charge in [-0.05, 0) is 47.8 Å². The van der Waals surface area contributed by atoms with Crippen molar-refractivity contribution in [3.05, 3.63) is 82.9 Å². The molecule has 0 N–H and O–H groups in total. The molecule has 9 rings (SSSR count). The third-order valence-electron chi connectivity index (χ3n) is 12.0. The molecule has 2 aromatic carbocycles. The van der Waals surface area contributed by atoms with Crippen molar-refractivity contribution in [3.8, 4) is 0 Å². The van der Waals surface area contributed by atoms with E-state index in [0.29, 0.717) is 13.0 Å². The summed E-state index contributed by atoms with van der Waals surface area (Å²) in [6.07, 6.45) is 1.26. The number of cyclic esters (lactones) is 1. The van der Waals surface area contributed by atoms with E-state index in [1.807, 2.05) is 60.7 Å². The van der Waals surface area contributed by atoms with E-state index in [9.17, 15) is 9.36 Å². The second-order valence-electron chi connectivity index (χ2n) is 14.3. The van der Waals surface area contributed by atoms with E-state index in [0.717, 1.165) is 35.1 Å². The van der Waals surface area contributed by atoms with Gasteiger partial charge < -0.3 is 23.7 Å². The summed E-state index contributed by atoms with van der Waals surface area (Å²) in [5, 5.41) is 0. The van der Waals surface area contributed by atoms with E-state index in [2.05, 4.69) is 20.8 Å². The first kappa shape index (κ1) is 29.7. The van der Waals surface area contributed by atoms with Gasteiger partial charge in [-0.3, -0.25) is 13.6 Å². The molecule has 46 heavy (non-hydrogen) atoms. The number of phosphoric ester groups is 1. The van der Waals surface area contributed by atoms with Crippen LogP contribution in [0.4, 0.5) is 0 Å². The molecule has 5 fully saturated rings. The van der Waals surface area contributed by atoms with Crippen LogP contribution in [-0.2, 0) is 59.8 Å². The Kier molecular flexibility index (Phi) is 6.50. The monoisotopic (exact) mass is 650 g/mol. The van der Waals surface area contributed by atoms with Crippen LogP contribution in [0.5, 0.6) is 0 Å². The van der Waals surface area contributed by atoms with Crippen molar-refractivity contribution in [2.75, 3.05) is 13.4 Å². The summed E-state index contributed by atoms with van der Waals surface area (Å²) in [5.41, 5.74) is 1.34. The minimum atomic E-state index is -4.07. The minimum absolute atomic E-state index is 0.0506. The van der Waals surface area contributed by atoms with Crippen LogP contribution in [0.15, 0.2) is 71.8 Å². The highest BCUT2D eigenvalue weighted by molar-refractivity contribution is 7.48. The Hall–Kier alpha value is -2.40. The zero-order chi connectivity index (χ0) is 31.5. The largest absolute Gasteiger partial charge is 0.477 e. The molecule has 10 nitrogen and oxygen atoms in total. The Morgan fingerprint density at radius 3 is 2.24 bits per heavy atom. The number of carbonyl (C=O) groups excluding carboxylic acids is 1. The molecular weight excluding hydrogens is 611 g/mol. The molecule has 2 spiro atoms. The lowest BCUT2D eigenvalue weighted by atomic mass is 9.46.